The zero-order chi connectivity index (χ0) is 19.4. The molecule has 0 saturated carbocycles. The number of benzene rings is 2. The Labute approximate surface area is 158 Å². The Bertz CT molecular complexity index is 858. The van der Waals surface area contributed by atoms with Crippen LogP contribution in [0.25, 0.3) is 5.70 Å². The quantitative estimate of drug-likeness (QED) is 0.799. The van der Waals surface area contributed by atoms with Gasteiger partial charge in [0.05, 0.1) is 23.9 Å². The van der Waals surface area contributed by atoms with Crippen molar-refractivity contribution in [3.63, 3.8) is 0 Å². The van der Waals surface area contributed by atoms with Gasteiger partial charge in [0.1, 0.15) is 0 Å². The molecule has 0 aromatic heterocycles. The number of esters is 1. The minimum Gasteiger partial charge on any atom is -0.463 e. The molecule has 27 heavy (non-hydrogen) atoms. The van der Waals surface area contributed by atoms with Crippen LogP contribution in [0.3, 0.4) is 0 Å². The van der Waals surface area contributed by atoms with Crippen molar-refractivity contribution in [2.45, 2.75) is 13.0 Å². The fourth-order valence-corrected chi connectivity index (χ4v) is 3.04. The Morgan fingerprint density at radius 3 is 2.33 bits per heavy atom. The van der Waals surface area contributed by atoms with E-state index >= 15 is 0 Å². The van der Waals surface area contributed by atoms with Crippen LogP contribution in [-0.4, -0.2) is 32.7 Å². The third kappa shape index (κ3) is 3.95. The van der Waals surface area contributed by atoms with E-state index in [0.29, 0.717) is 11.3 Å². The summed E-state index contributed by atoms with van der Waals surface area (Å²) in [4.78, 5) is 27.1. The predicted octanol–water partition coefficient (Wildman–Crippen LogP) is 3.08. The van der Waals surface area contributed by atoms with E-state index in [1.54, 1.807) is 6.92 Å². The molecular weight excluding hydrogens is 342 g/mol. The number of carbonyl (C=O) groups excluding carboxylic acids is 2. The lowest BCUT2D eigenvalue weighted by Crippen LogP contribution is -2.45. The van der Waals surface area contributed by atoms with Gasteiger partial charge in [-0.25, -0.2) is 9.59 Å². The third-order valence-corrected chi connectivity index (χ3v) is 4.37. The van der Waals surface area contributed by atoms with Crippen molar-refractivity contribution < 1.29 is 14.3 Å². The standard InChI is InChI=1S/C21H23N3O3/c1-4-27-20(25)17-18(14-8-6-5-7-9-14)22-21(26)23-19(17)15-10-12-16(13-11-15)24(2)3/h5-13,18H,4H2,1-3H3,(H2,22,23,26). The van der Waals surface area contributed by atoms with Crippen LogP contribution in [-0.2, 0) is 9.53 Å². The fraction of sp³-hybridized carbons (Fsp3) is 0.238. The molecule has 2 aromatic rings. The maximum atomic E-state index is 12.8. The summed E-state index contributed by atoms with van der Waals surface area (Å²) < 4.78 is 5.29. The second kappa shape index (κ2) is 7.95. The average molecular weight is 365 g/mol. The largest absolute Gasteiger partial charge is 0.463 e. The van der Waals surface area contributed by atoms with Crippen molar-refractivity contribution in [3.8, 4) is 0 Å². The number of hydrogen-bond donors (Lipinski definition) is 2. The molecule has 1 aliphatic heterocycles. The highest BCUT2D eigenvalue weighted by atomic mass is 16.5. The van der Waals surface area contributed by atoms with E-state index in [0.717, 1.165) is 16.8 Å². The van der Waals surface area contributed by atoms with E-state index in [4.69, 9.17) is 4.74 Å². The topological polar surface area (TPSA) is 70.7 Å². The Morgan fingerprint density at radius 1 is 1.07 bits per heavy atom. The number of carbonyl (C=O) groups is 2. The molecule has 140 valence electrons. The van der Waals surface area contributed by atoms with E-state index in [1.807, 2.05) is 73.6 Å². The van der Waals surface area contributed by atoms with Gasteiger partial charge in [0.15, 0.2) is 0 Å². The predicted molar refractivity (Wildman–Crippen MR) is 105 cm³/mol. The molecule has 1 atom stereocenters. The Kier molecular flexibility index (Phi) is 5.45. The lowest BCUT2D eigenvalue weighted by Gasteiger charge is -2.29. The number of amides is 2. The summed E-state index contributed by atoms with van der Waals surface area (Å²) in [6.45, 7) is 2.01. The van der Waals surface area contributed by atoms with Crippen LogP contribution in [0.1, 0.15) is 24.1 Å². The Morgan fingerprint density at radius 2 is 1.74 bits per heavy atom. The van der Waals surface area contributed by atoms with Crippen LogP contribution in [0.5, 0.6) is 0 Å². The fourth-order valence-electron chi connectivity index (χ4n) is 3.04. The van der Waals surface area contributed by atoms with Gasteiger partial charge in [0.2, 0.25) is 0 Å². The average Bonchev–Trinajstić information content (AvgIpc) is 2.68. The molecule has 0 bridgehead atoms. The Balaban J connectivity index is 2.13. The maximum Gasteiger partial charge on any atom is 0.338 e. The van der Waals surface area contributed by atoms with Crippen molar-refractivity contribution in [2.24, 2.45) is 0 Å². The number of urea groups is 1. The summed E-state index contributed by atoms with van der Waals surface area (Å²) in [5.74, 6) is -0.453. The number of nitrogens with one attached hydrogen (secondary N) is 2. The molecule has 0 fully saturated rings. The van der Waals surface area contributed by atoms with Gasteiger partial charge < -0.3 is 20.3 Å². The van der Waals surface area contributed by atoms with Crippen molar-refractivity contribution in [3.05, 3.63) is 71.3 Å². The first-order valence-corrected chi connectivity index (χ1v) is 8.82. The molecular formula is C21H23N3O3. The molecule has 2 aromatic carbocycles. The molecule has 6 heteroatoms. The van der Waals surface area contributed by atoms with Crippen LogP contribution >= 0.6 is 0 Å². The van der Waals surface area contributed by atoms with Crippen molar-refractivity contribution in [2.75, 3.05) is 25.6 Å². The van der Waals surface area contributed by atoms with E-state index in [9.17, 15) is 9.59 Å². The molecule has 0 saturated heterocycles. The molecule has 1 aliphatic rings. The highest BCUT2D eigenvalue weighted by Crippen LogP contribution is 2.32. The lowest BCUT2D eigenvalue weighted by molar-refractivity contribution is -0.138. The van der Waals surface area contributed by atoms with Gasteiger partial charge in [-0.15, -0.1) is 0 Å². The van der Waals surface area contributed by atoms with Crippen molar-refractivity contribution >= 4 is 23.4 Å². The zero-order valence-corrected chi connectivity index (χ0v) is 15.7. The highest BCUT2D eigenvalue weighted by molar-refractivity contribution is 6.04. The first-order valence-electron chi connectivity index (χ1n) is 8.82. The summed E-state index contributed by atoms with van der Waals surface area (Å²) in [7, 11) is 3.91. The molecule has 0 radical (unpaired) electrons. The van der Waals surface area contributed by atoms with Crippen LogP contribution in [0, 0.1) is 0 Å². The summed E-state index contributed by atoms with van der Waals surface area (Å²) in [6.07, 6.45) is 0. The van der Waals surface area contributed by atoms with E-state index in [2.05, 4.69) is 10.6 Å². The SMILES string of the molecule is CCOC(=O)C1=C(c2ccc(N(C)C)cc2)NC(=O)NC1c1ccccc1. The Hall–Kier alpha value is -3.28. The van der Waals surface area contributed by atoms with Gasteiger partial charge in [-0.2, -0.15) is 0 Å². The van der Waals surface area contributed by atoms with Gasteiger partial charge in [0, 0.05) is 19.8 Å². The summed E-state index contributed by atoms with van der Waals surface area (Å²) >= 11 is 0. The van der Waals surface area contributed by atoms with Crippen LogP contribution in [0.4, 0.5) is 10.5 Å². The first kappa shape index (κ1) is 18.5. The first-order chi connectivity index (χ1) is 13.0. The van der Waals surface area contributed by atoms with Crippen molar-refractivity contribution in [1.29, 1.82) is 0 Å². The number of anilines is 1. The third-order valence-electron chi connectivity index (χ3n) is 4.37. The molecule has 2 amide bonds. The maximum absolute atomic E-state index is 12.8. The van der Waals surface area contributed by atoms with Crippen LogP contribution in [0.15, 0.2) is 60.2 Å². The highest BCUT2D eigenvalue weighted by Gasteiger charge is 2.34. The van der Waals surface area contributed by atoms with Crippen LogP contribution in [0.2, 0.25) is 0 Å². The molecule has 6 nitrogen and oxygen atoms in total. The number of hydrogen-bond acceptors (Lipinski definition) is 4. The number of ether oxygens (including phenoxy) is 1. The summed E-state index contributed by atoms with van der Waals surface area (Å²) in [5, 5.41) is 5.62. The van der Waals surface area contributed by atoms with Crippen molar-refractivity contribution in [1.82, 2.24) is 10.6 Å². The van der Waals surface area contributed by atoms with Gasteiger partial charge in [0.25, 0.3) is 0 Å². The van der Waals surface area contributed by atoms with Gasteiger partial charge in [-0.1, -0.05) is 42.5 Å². The number of nitrogens with zero attached hydrogens (tertiary/aromatic N) is 1. The minimum absolute atomic E-state index is 0.255. The second-order valence-corrected chi connectivity index (χ2v) is 6.39. The smallest absolute Gasteiger partial charge is 0.338 e. The van der Waals surface area contributed by atoms with E-state index < -0.39 is 12.0 Å². The minimum atomic E-state index is -0.581. The summed E-state index contributed by atoms with van der Waals surface area (Å²) in [5.41, 5.74) is 3.45. The molecule has 0 aliphatic carbocycles. The molecule has 1 unspecified atom stereocenters. The molecule has 1 heterocycles. The number of rotatable bonds is 5. The van der Waals surface area contributed by atoms with Gasteiger partial charge in [-0.3, -0.25) is 0 Å². The monoisotopic (exact) mass is 365 g/mol. The molecule has 0 spiro atoms. The molecule has 3 rings (SSSR count). The lowest BCUT2D eigenvalue weighted by atomic mass is 9.92. The second-order valence-electron chi connectivity index (χ2n) is 6.39. The van der Waals surface area contributed by atoms with E-state index in [1.165, 1.54) is 0 Å². The van der Waals surface area contributed by atoms with Gasteiger partial charge >= 0.3 is 12.0 Å². The molecule has 2 N–H and O–H groups in total. The van der Waals surface area contributed by atoms with Gasteiger partial charge in [-0.05, 0) is 30.2 Å². The zero-order valence-electron chi connectivity index (χ0n) is 15.7. The normalized spacial score (nSPS) is 16.4. The summed E-state index contributed by atoms with van der Waals surface area (Å²) in [6, 6.07) is 16.1. The van der Waals surface area contributed by atoms with E-state index in [-0.39, 0.29) is 12.6 Å². The van der Waals surface area contributed by atoms with Crippen LogP contribution < -0.4 is 15.5 Å².